The third-order valence-electron chi connectivity index (χ3n) is 7.29. The molecule has 0 aromatic heterocycles. The van der Waals surface area contributed by atoms with Crippen molar-refractivity contribution in [2.75, 3.05) is 59.9 Å². The number of nitrogens with one attached hydrogen (secondary N) is 1. The van der Waals surface area contributed by atoms with Crippen molar-refractivity contribution >= 4 is 34.4 Å². The molecule has 0 aliphatic carbocycles. The first kappa shape index (κ1) is 22.1. The summed E-state index contributed by atoms with van der Waals surface area (Å²) < 4.78 is 25.9. The highest BCUT2D eigenvalue weighted by Crippen LogP contribution is 2.50. The van der Waals surface area contributed by atoms with Crippen LogP contribution in [0.2, 0.25) is 0 Å². The summed E-state index contributed by atoms with van der Waals surface area (Å²) in [7, 11) is 1.88. The molecule has 35 heavy (non-hydrogen) atoms. The standard InChI is InChI=1S/C26H27FN4O4/c1-29-23-19(30-13-10-26(11-14-30)34-15-16-35-26)7-4-8-20(23)31-12-9-21(32)22(25(29)31)24(33)28-18-6-3-2-5-17(18)27/h2-8H,9-16H2,1H3,(H,28,33). The number of piperidine rings is 1. The molecule has 1 spiro atoms. The van der Waals surface area contributed by atoms with Gasteiger partial charge < -0.3 is 29.5 Å². The number of rotatable bonds is 3. The number of Topliss-reactive ketones (excluding diaryl/α,β-unsaturated/α-hetero) is 1. The molecule has 0 saturated carbocycles. The van der Waals surface area contributed by atoms with Crippen LogP contribution in [0.4, 0.5) is 27.1 Å². The first-order valence-corrected chi connectivity index (χ1v) is 12.0. The van der Waals surface area contributed by atoms with Gasteiger partial charge in [-0.3, -0.25) is 9.59 Å². The van der Waals surface area contributed by atoms with Crippen LogP contribution in [0.3, 0.4) is 0 Å². The first-order valence-electron chi connectivity index (χ1n) is 12.0. The summed E-state index contributed by atoms with van der Waals surface area (Å²) in [6.45, 7) is 3.32. The highest BCUT2D eigenvalue weighted by molar-refractivity contribution is 6.26. The Morgan fingerprint density at radius 2 is 1.71 bits per heavy atom. The number of anilines is 4. The van der Waals surface area contributed by atoms with E-state index < -0.39 is 17.5 Å². The molecule has 9 heteroatoms. The minimum absolute atomic E-state index is 0.0490. The molecule has 4 aliphatic heterocycles. The van der Waals surface area contributed by atoms with Crippen molar-refractivity contribution < 1.29 is 23.5 Å². The van der Waals surface area contributed by atoms with Crippen molar-refractivity contribution in [3.8, 4) is 0 Å². The number of carbonyl (C=O) groups is 2. The van der Waals surface area contributed by atoms with E-state index in [1.165, 1.54) is 12.1 Å². The molecular weight excluding hydrogens is 451 g/mol. The van der Waals surface area contributed by atoms with Crippen LogP contribution in [0.1, 0.15) is 19.3 Å². The van der Waals surface area contributed by atoms with Gasteiger partial charge in [0, 0.05) is 45.9 Å². The molecule has 2 aromatic carbocycles. The first-order chi connectivity index (χ1) is 17.0. The number of amides is 1. The van der Waals surface area contributed by atoms with Crippen LogP contribution in [0, 0.1) is 5.82 Å². The van der Waals surface area contributed by atoms with Crippen molar-refractivity contribution in [3.05, 3.63) is 59.7 Å². The van der Waals surface area contributed by atoms with Crippen LogP contribution in [-0.4, -0.2) is 57.4 Å². The summed E-state index contributed by atoms with van der Waals surface area (Å²) in [5.41, 5.74) is 3.05. The minimum atomic E-state index is -0.601. The lowest BCUT2D eigenvalue weighted by Crippen LogP contribution is -2.45. The number of nitrogens with zero attached hydrogens (tertiary/aromatic N) is 3. The fraction of sp³-hybridized carbons (Fsp3) is 0.385. The zero-order chi connectivity index (χ0) is 24.2. The molecule has 2 aromatic rings. The summed E-state index contributed by atoms with van der Waals surface area (Å²) in [6.07, 6.45) is 1.77. The Kier molecular flexibility index (Phi) is 5.26. The lowest BCUT2D eigenvalue weighted by atomic mass is 10.0. The van der Waals surface area contributed by atoms with Crippen LogP contribution in [0.15, 0.2) is 53.9 Å². The number of para-hydroxylation sites is 2. The molecule has 8 nitrogen and oxygen atoms in total. The summed E-state index contributed by atoms with van der Waals surface area (Å²) in [5, 5.41) is 2.59. The van der Waals surface area contributed by atoms with Crippen molar-refractivity contribution in [1.82, 2.24) is 0 Å². The Morgan fingerprint density at radius 3 is 2.46 bits per heavy atom. The Morgan fingerprint density at radius 1 is 1.00 bits per heavy atom. The Bertz CT molecular complexity index is 1230. The zero-order valence-electron chi connectivity index (χ0n) is 19.6. The van der Waals surface area contributed by atoms with Gasteiger partial charge >= 0.3 is 0 Å². The van der Waals surface area contributed by atoms with Gasteiger partial charge in [0.2, 0.25) is 0 Å². The Hall–Kier alpha value is -3.43. The maximum atomic E-state index is 14.2. The van der Waals surface area contributed by atoms with Gasteiger partial charge in [-0.25, -0.2) is 4.39 Å². The molecule has 0 unspecified atom stereocenters. The van der Waals surface area contributed by atoms with Crippen molar-refractivity contribution in [3.63, 3.8) is 0 Å². The predicted molar refractivity (Wildman–Crippen MR) is 130 cm³/mol. The van der Waals surface area contributed by atoms with Crippen LogP contribution in [0.5, 0.6) is 0 Å². The molecule has 0 atom stereocenters. The van der Waals surface area contributed by atoms with Crippen LogP contribution in [0.25, 0.3) is 0 Å². The largest absolute Gasteiger partial charge is 0.369 e. The summed E-state index contributed by atoms with van der Waals surface area (Å²) in [6, 6.07) is 12.0. The lowest BCUT2D eigenvalue weighted by molar-refractivity contribution is -0.169. The average molecular weight is 479 g/mol. The minimum Gasteiger partial charge on any atom is -0.369 e. The van der Waals surface area contributed by atoms with Gasteiger partial charge in [0.25, 0.3) is 5.91 Å². The molecule has 1 N–H and O–H groups in total. The zero-order valence-corrected chi connectivity index (χ0v) is 19.6. The van der Waals surface area contributed by atoms with Crippen LogP contribution >= 0.6 is 0 Å². The van der Waals surface area contributed by atoms with Crippen molar-refractivity contribution in [2.45, 2.75) is 25.0 Å². The second kappa shape index (κ2) is 8.35. The maximum Gasteiger partial charge on any atom is 0.263 e. The second-order valence-electron chi connectivity index (χ2n) is 9.26. The molecule has 2 fully saturated rings. The number of halogens is 1. The third-order valence-corrected chi connectivity index (χ3v) is 7.29. The Balaban J connectivity index is 1.34. The molecule has 4 heterocycles. The van der Waals surface area contributed by atoms with Crippen LogP contribution in [-0.2, 0) is 19.1 Å². The molecule has 4 aliphatic rings. The third kappa shape index (κ3) is 3.57. The van der Waals surface area contributed by atoms with Gasteiger partial charge in [-0.15, -0.1) is 0 Å². The second-order valence-corrected chi connectivity index (χ2v) is 9.26. The number of hydrogen-bond acceptors (Lipinski definition) is 7. The van der Waals surface area contributed by atoms with Gasteiger partial charge in [-0.1, -0.05) is 18.2 Å². The normalized spacial score (nSPS) is 21.0. The summed E-state index contributed by atoms with van der Waals surface area (Å²) in [5.74, 6) is -1.33. The van der Waals surface area contributed by atoms with E-state index in [2.05, 4.69) is 16.3 Å². The van der Waals surface area contributed by atoms with Crippen LogP contribution < -0.4 is 20.0 Å². The molecule has 2 saturated heterocycles. The fourth-order valence-corrected chi connectivity index (χ4v) is 5.58. The molecule has 0 bridgehead atoms. The number of hydrogen-bond donors (Lipinski definition) is 1. The van der Waals surface area contributed by atoms with Gasteiger partial charge in [-0.05, 0) is 24.3 Å². The van der Waals surface area contributed by atoms with Gasteiger partial charge in [0.1, 0.15) is 17.2 Å². The summed E-state index contributed by atoms with van der Waals surface area (Å²) in [4.78, 5) is 32.5. The van der Waals surface area contributed by atoms with Gasteiger partial charge in [0.05, 0.1) is 36.0 Å². The summed E-state index contributed by atoms with van der Waals surface area (Å²) >= 11 is 0. The number of benzene rings is 2. The maximum absolute atomic E-state index is 14.2. The fourth-order valence-electron chi connectivity index (χ4n) is 5.58. The van der Waals surface area contributed by atoms with E-state index in [1.807, 2.05) is 29.0 Å². The highest BCUT2D eigenvalue weighted by atomic mass is 19.1. The van der Waals surface area contributed by atoms with Gasteiger partial charge in [0.15, 0.2) is 11.6 Å². The van der Waals surface area contributed by atoms with Gasteiger partial charge in [-0.2, -0.15) is 0 Å². The average Bonchev–Trinajstić information content (AvgIpc) is 3.43. The van der Waals surface area contributed by atoms with E-state index in [1.54, 1.807) is 12.1 Å². The quantitative estimate of drug-likeness (QED) is 0.679. The monoisotopic (exact) mass is 478 g/mol. The molecular formula is C26H27FN4O4. The van der Waals surface area contributed by atoms with E-state index in [9.17, 15) is 14.0 Å². The van der Waals surface area contributed by atoms with E-state index in [0.717, 1.165) is 43.0 Å². The number of ether oxygens (including phenoxy) is 2. The highest BCUT2D eigenvalue weighted by Gasteiger charge is 2.43. The smallest absolute Gasteiger partial charge is 0.263 e. The predicted octanol–water partition coefficient (Wildman–Crippen LogP) is 3.25. The van der Waals surface area contributed by atoms with E-state index >= 15 is 0 Å². The molecule has 6 rings (SSSR count). The molecule has 1 amide bonds. The number of fused-ring (bicyclic) bond motifs is 3. The molecule has 182 valence electrons. The van der Waals surface area contributed by atoms with E-state index in [4.69, 9.17) is 9.47 Å². The van der Waals surface area contributed by atoms with E-state index in [-0.39, 0.29) is 23.5 Å². The SMILES string of the molecule is CN1C2=C(C(=O)Nc3ccccc3F)C(=O)CCN2c2cccc(N3CCC4(CC3)OCCO4)c21. The van der Waals surface area contributed by atoms with E-state index in [0.29, 0.717) is 25.6 Å². The van der Waals surface area contributed by atoms with Crippen molar-refractivity contribution in [1.29, 1.82) is 0 Å². The lowest BCUT2D eigenvalue weighted by Gasteiger charge is -2.39. The van der Waals surface area contributed by atoms with Crippen molar-refractivity contribution in [2.24, 2.45) is 0 Å². The molecule has 0 radical (unpaired) electrons. The number of ketones is 1. The Labute approximate surface area is 202 Å². The number of carbonyl (C=O) groups excluding carboxylic acids is 2. The topological polar surface area (TPSA) is 74.4 Å².